The van der Waals surface area contributed by atoms with Gasteiger partial charge in [-0.3, -0.25) is 14.7 Å². The van der Waals surface area contributed by atoms with Crippen LogP contribution in [0.5, 0.6) is 17.2 Å². The first-order chi connectivity index (χ1) is 12.9. The third kappa shape index (κ3) is 5.75. The molecule has 28 heavy (non-hydrogen) atoms. The van der Waals surface area contributed by atoms with Gasteiger partial charge in [-0.2, -0.15) is 13.2 Å². The molecule has 0 spiro atoms. The molecule has 0 amide bonds. The number of halogens is 5. The lowest BCUT2D eigenvalue weighted by atomic mass is 10.2. The number of rotatable bonds is 7. The second-order valence-electron chi connectivity index (χ2n) is 5.18. The normalized spacial score (nSPS) is 13.6. The Morgan fingerprint density at radius 3 is 2.39 bits per heavy atom. The van der Waals surface area contributed by atoms with Gasteiger partial charge in [-0.15, -0.1) is 0 Å². The predicted octanol–water partition coefficient (Wildman–Crippen LogP) is 6.47. The summed E-state index contributed by atoms with van der Waals surface area (Å²) in [5, 5.41) is 10.8. The number of hydrogen-bond donors (Lipinski definition) is 0. The highest BCUT2D eigenvalue weighted by Gasteiger charge is 2.31. The standard InChI is InChI=1S/C15H11Cl2F3NO6P/c1-25-28(17,24)8-26-14-7-10(3-4-12(14)21(22)23)27-13-5-2-9(6-11(13)16)15(18,19)20/h2-7H,8H2,1H3. The minimum Gasteiger partial charge on any atom is -0.475 e. The van der Waals surface area contributed by atoms with E-state index in [4.69, 9.17) is 32.3 Å². The number of nitro groups is 1. The highest BCUT2D eigenvalue weighted by atomic mass is 35.7. The molecule has 0 aliphatic heterocycles. The molecule has 0 radical (unpaired) electrons. The summed E-state index contributed by atoms with van der Waals surface area (Å²) >= 11 is 11.4. The Morgan fingerprint density at radius 1 is 1.18 bits per heavy atom. The lowest BCUT2D eigenvalue weighted by Gasteiger charge is -2.13. The van der Waals surface area contributed by atoms with Gasteiger partial charge in [0.2, 0.25) is 5.75 Å². The van der Waals surface area contributed by atoms with E-state index < -0.39 is 35.4 Å². The summed E-state index contributed by atoms with van der Waals surface area (Å²) in [7, 11) is 1.08. The number of ether oxygens (including phenoxy) is 2. The number of benzene rings is 2. The fraction of sp³-hybridized carbons (Fsp3) is 0.200. The highest BCUT2D eigenvalue weighted by molar-refractivity contribution is 7.85. The maximum Gasteiger partial charge on any atom is 0.416 e. The van der Waals surface area contributed by atoms with E-state index in [0.29, 0.717) is 6.07 Å². The summed E-state index contributed by atoms with van der Waals surface area (Å²) < 4.78 is 64.7. The van der Waals surface area contributed by atoms with Gasteiger partial charge in [-0.05, 0) is 35.5 Å². The van der Waals surface area contributed by atoms with Gasteiger partial charge in [-0.25, -0.2) is 0 Å². The van der Waals surface area contributed by atoms with Crippen LogP contribution in [0.25, 0.3) is 0 Å². The zero-order chi connectivity index (χ0) is 21.1. The first kappa shape index (κ1) is 22.3. The molecule has 1 unspecified atom stereocenters. The molecule has 2 rings (SSSR count). The molecule has 2 aromatic rings. The van der Waals surface area contributed by atoms with E-state index in [1.165, 1.54) is 6.07 Å². The number of nitro benzene ring substituents is 1. The quantitative estimate of drug-likeness (QED) is 0.267. The van der Waals surface area contributed by atoms with Gasteiger partial charge >= 0.3 is 18.6 Å². The van der Waals surface area contributed by atoms with Crippen molar-refractivity contribution in [3.8, 4) is 17.2 Å². The van der Waals surface area contributed by atoms with Crippen molar-refractivity contribution < 1.29 is 36.7 Å². The first-order valence-electron chi connectivity index (χ1n) is 7.23. The Labute approximate surface area is 166 Å². The summed E-state index contributed by atoms with van der Waals surface area (Å²) in [5.74, 6) is -0.470. The molecule has 152 valence electrons. The van der Waals surface area contributed by atoms with Gasteiger partial charge in [-0.1, -0.05) is 11.6 Å². The van der Waals surface area contributed by atoms with Crippen molar-refractivity contribution in [2.24, 2.45) is 0 Å². The van der Waals surface area contributed by atoms with Crippen molar-refractivity contribution in [1.29, 1.82) is 0 Å². The summed E-state index contributed by atoms with van der Waals surface area (Å²) in [5.41, 5.74) is -1.44. The van der Waals surface area contributed by atoms with Gasteiger partial charge in [0.25, 0.3) is 0 Å². The molecule has 0 heterocycles. The lowest BCUT2D eigenvalue weighted by Crippen LogP contribution is -2.04. The number of alkyl halides is 3. The minimum absolute atomic E-state index is 0.0240. The van der Waals surface area contributed by atoms with E-state index in [1.54, 1.807) is 0 Å². The van der Waals surface area contributed by atoms with Crippen LogP contribution < -0.4 is 9.47 Å². The van der Waals surface area contributed by atoms with Crippen LogP contribution in [0.1, 0.15) is 5.56 Å². The van der Waals surface area contributed by atoms with Crippen molar-refractivity contribution >= 4 is 35.3 Å². The monoisotopic (exact) mass is 459 g/mol. The van der Waals surface area contributed by atoms with Crippen molar-refractivity contribution in [3.05, 3.63) is 57.1 Å². The van der Waals surface area contributed by atoms with Gasteiger partial charge in [0, 0.05) is 19.2 Å². The zero-order valence-electron chi connectivity index (χ0n) is 13.9. The molecule has 0 fully saturated rings. The molecule has 2 aromatic carbocycles. The number of hydrogen-bond acceptors (Lipinski definition) is 6. The fourth-order valence-corrected chi connectivity index (χ4v) is 2.67. The number of nitrogens with zero attached hydrogens (tertiary/aromatic N) is 1. The van der Waals surface area contributed by atoms with E-state index in [0.717, 1.165) is 31.4 Å². The second kappa shape index (κ2) is 8.57. The molecule has 0 bridgehead atoms. The predicted molar refractivity (Wildman–Crippen MR) is 95.6 cm³/mol. The smallest absolute Gasteiger partial charge is 0.416 e. The molecule has 0 N–H and O–H groups in total. The lowest BCUT2D eigenvalue weighted by molar-refractivity contribution is -0.385. The minimum atomic E-state index is -4.58. The van der Waals surface area contributed by atoms with Crippen molar-refractivity contribution in [2.45, 2.75) is 6.18 Å². The Morgan fingerprint density at radius 2 is 1.86 bits per heavy atom. The molecular weight excluding hydrogens is 449 g/mol. The van der Waals surface area contributed by atoms with E-state index in [9.17, 15) is 27.9 Å². The van der Waals surface area contributed by atoms with Crippen LogP contribution in [-0.4, -0.2) is 18.4 Å². The van der Waals surface area contributed by atoms with E-state index in [-0.39, 0.29) is 22.3 Å². The van der Waals surface area contributed by atoms with Crippen molar-refractivity contribution in [3.63, 3.8) is 0 Å². The Hall–Kier alpha value is -2.00. The van der Waals surface area contributed by atoms with Gasteiger partial charge in [0.05, 0.1) is 15.5 Å². The third-order valence-corrected chi connectivity index (χ3v) is 5.25. The summed E-state index contributed by atoms with van der Waals surface area (Å²) in [6.45, 7) is -3.64. The van der Waals surface area contributed by atoms with Crippen LogP contribution in [0.2, 0.25) is 5.02 Å². The molecule has 13 heteroatoms. The highest BCUT2D eigenvalue weighted by Crippen LogP contribution is 2.52. The average Bonchev–Trinajstić information content (AvgIpc) is 2.61. The maximum atomic E-state index is 12.7. The Kier molecular flexibility index (Phi) is 6.82. The molecule has 0 aliphatic rings. The molecule has 0 saturated heterocycles. The zero-order valence-corrected chi connectivity index (χ0v) is 16.3. The molecule has 1 atom stereocenters. The van der Waals surface area contributed by atoms with E-state index >= 15 is 0 Å². The summed E-state index contributed by atoms with van der Waals surface area (Å²) in [4.78, 5) is 10.3. The Bertz CT molecular complexity index is 940. The van der Waals surface area contributed by atoms with E-state index in [2.05, 4.69) is 4.52 Å². The fourth-order valence-electron chi connectivity index (χ4n) is 1.91. The molecule has 0 aliphatic carbocycles. The Balaban J connectivity index is 2.30. The molecular formula is C15H11Cl2F3NO6P. The van der Waals surface area contributed by atoms with Gasteiger partial charge < -0.3 is 14.0 Å². The topological polar surface area (TPSA) is 87.9 Å². The molecule has 0 aromatic heterocycles. The molecule has 0 saturated carbocycles. The first-order valence-corrected chi connectivity index (χ1v) is 10.3. The van der Waals surface area contributed by atoms with Crippen LogP contribution in [-0.2, 0) is 15.3 Å². The van der Waals surface area contributed by atoms with Crippen LogP contribution in [0.15, 0.2) is 36.4 Å². The average molecular weight is 460 g/mol. The van der Waals surface area contributed by atoms with Gasteiger partial charge in [0.1, 0.15) is 11.5 Å². The van der Waals surface area contributed by atoms with Crippen LogP contribution in [0, 0.1) is 10.1 Å². The molecule has 7 nitrogen and oxygen atoms in total. The summed E-state index contributed by atoms with van der Waals surface area (Å²) in [6, 6.07) is 5.77. The van der Waals surface area contributed by atoms with E-state index in [1.807, 2.05) is 0 Å². The largest absolute Gasteiger partial charge is 0.475 e. The van der Waals surface area contributed by atoms with Crippen molar-refractivity contribution in [1.82, 2.24) is 0 Å². The third-order valence-electron chi connectivity index (χ3n) is 3.26. The van der Waals surface area contributed by atoms with Crippen LogP contribution >= 0.6 is 29.6 Å². The van der Waals surface area contributed by atoms with Gasteiger partial charge in [0.15, 0.2) is 6.35 Å². The SMILES string of the molecule is COP(=O)(Cl)COc1cc(Oc2ccc(C(F)(F)F)cc2Cl)ccc1[N+](=O)[O-]. The summed E-state index contributed by atoms with van der Waals surface area (Å²) in [6.07, 6.45) is -5.23. The van der Waals surface area contributed by atoms with Crippen LogP contribution in [0.3, 0.4) is 0 Å². The van der Waals surface area contributed by atoms with Crippen molar-refractivity contribution in [2.75, 3.05) is 13.5 Å². The van der Waals surface area contributed by atoms with Crippen LogP contribution in [0.4, 0.5) is 18.9 Å². The second-order valence-corrected chi connectivity index (χ2v) is 8.93. The maximum absolute atomic E-state index is 12.7.